The first-order chi connectivity index (χ1) is 8.16. The van der Waals surface area contributed by atoms with Gasteiger partial charge in [0.15, 0.2) is 0 Å². The number of hydrogen-bond acceptors (Lipinski definition) is 1. The van der Waals surface area contributed by atoms with Crippen molar-refractivity contribution < 1.29 is 4.79 Å². The maximum atomic E-state index is 12.0. The highest BCUT2D eigenvalue weighted by molar-refractivity contribution is 14.1. The monoisotopic (exact) mass is 357 g/mol. The van der Waals surface area contributed by atoms with Gasteiger partial charge in [0.05, 0.1) is 5.56 Å². The van der Waals surface area contributed by atoms with Crippen LogP contribution in [0.5, 0.6) is 0 Å². The highest BCUT2D eigenvalue weighted by Gasteiger charge is 2.10. The predicted molar refractivity (Wildman–Crippen MR) is 78.6 cm³/mol. The van der Waals surface area contributed by atoms with Crippen LogP contribution >= 0.6 is 34.2 Å². The molecule has 0 unspecified atom stereocenters. The minimum atomic E-state index is -0.150. The van der Waals surface area contributed by atoms with Crippen molar-refractivity contribution >= 4 is 45.8 Å². The summed E-state index contributed by atoms with van der Waals surface area (Å²) in [6.07, 6.45) is 0. The van der Waals surface area contributed by atoms with Crippen LogP contribution < -0.4 is 5.32 Å². The standard InChI is InChI=1S/C13H9ClINO/c14-9-6-7-12(15)11(8-9)13(17)16-10-4-2-1-3-5-10/h1-8H,(H,16,17). The Morgan fingerprint density at radius 2 is 1.82 bits per heavy atom. The second-order valence-corrected chi connectivity index (χ2v) is 5.04. The van der Waals surface area contributed by atoms with Crippen LogP contribution in [-0.2, 0) is 0 Å². The summed E-state index contributed by atoms with van der Waals surface area (Å²) in [4.78, 5) is 12.0. The summed E-state index contributed by atoms with van der Waals surface area (Å²) in [5.74, 6) is -0.150. The summed E-state index contributed by atoms with van der Waals surface area (Å²) >= 11 is 8.00. The Morgan fingerprint density at radius 1 is 1.12 bits per heavy atom. The second-order valence-electron chi connectivity index (χ2n) is 3.44. The molecule has 0 aromatic heterocycles. The molecule has 0 saturated heterocycles. The molecule has 2 aromatic carbocycles. The van der Waals surface area contributed by atoms with E-state index in [0.717, 1.165) is 9.26 Å². The van der Waals surface area contributed by atoms with E-state index in [-0.39, 0.29) is 5.91 Å². The molecule has 0 aliphatic rings. The Labute approximate surface area is 118 Å². The highest BCUT2D eigenvalue weighted by atomic mass is 127. The van der Waals surface area contributed by atoms with Crippen molar-refractivity contribution in [3.05, 3.63) is 62.7 Å². The fourth-order valence-corrected chi connectivity index (χ4v) is 2.14. The van der Waals surface area contributed by atoms with E-state index in [2.05, 4.69) is 27.9 Å². The van der Waals surface area contributed by atoms with Crippen LogP contribution in [0.2, 0.25) is 5.02 Å². The number of nitrogens with one attached hydrogen (secondary N) is 1. The van der Waals surface area contributed by atoms with Gasteiger partial charge in [-0.1, -0.05) is 29.8 Å². The molecule has 2 rings (SSSR count). The maximum Gasteiger partial charge on any atom is 0.256 e. The van der Waals surface area contributed by atoms with Gasteiger partial charge in [-0.3, -0.25) is 4.79 Å². The quantitative estimate of drug-likeness (QED) is 0.802. The first-order valence-corrected chi connectivity index (χ1v) is 6.44. The van der Waals surface area contributed by atoms with Gasteiger partial charge in [-0.2, -0.15) is 0 Å². The molecule has 0 bridgehead atoms. The molecule has 0 fully saturated rings. The fourth-order valence-electron chi connectivity index (χ4n) is 1.39. The summed E-state index contributed by atoms with van der Waals surface area (Å²) in [6.45, 7) is 0. The molecule has 4 heteroatoms. The van der Waals surface area contributed by atoms with Gasteiger partial charge >= 0.3 is 0 Å². The average Bonchev–Trinajstić information content (AvgIpc) is 2.33. The van der Waals surface area contributed by atoms with E-state index in [0.29, 0.717) is 10.6 Å². The molecule has 0 aliphatic heterocycles. The number of anilines is 1. The number of amides is 1. The Hall–Kier alpha value is -1.07. The van der Waals surface area contributed by atoms with Crippen molar-refractivity contribution in [1.82, 2.24) is 0 Å². The van der Waals surface area contributed by atoms with Gasteiger partial charge in [-0.15, -0.1) is 0 Å². The van der Waals surface area contributed by atoms with Gasteiger partial charge in [-0.05, 0) is 52.9 Å². The molecule has 86 valence electrons. The first-order valence-electron chi connectivity index (χ1n) is 4.98. The van der Waals surface area contributed by atoms with Gasteiger partial charge in [0.1, 0.15) is 0 Å². The second kappa shape index (κ2) is 5.51. The van der Waals surface area contributed by atoms with E-state index in [1.165, 1.54) is 0 Å². The zero-order valence-corrected chi connectivity index (χ0v) is 11.7. The lowest BCUT2D eigenvalue weighted by molar-refractivity contribution is 0.102. The normalized spacial score (nSPS) is 10.0. The SMILES string of the molecule is O=C(Nc1ccccc1)c1cc(Cl)ccc1I. The summed E-state index contributed by atoms with van der Waals surface area (Å²) in [5.41, 5.74) is 1.36. The molecular weight excluding hydrogens is 349 g/mol. The van der Waals surface area contributed by atoms with Crippen LogP contribution in [0.4, 0.5) is 5.69 Å². The van der Waals surface area contributed by atoms with E-state index in [9.17, 15) is 4.79 Å². The predicted octanol–water partition coefficient (Wildman–Crippen LogP) is 4.20. The molecule has 1 N–H and O–H groups in total. The Kier molecular flexibility index (Phi) is 4.02. The minimum absolute atomic E-state index is 0.150. The third kappa shape index (κ3) is 3.20. The van der Waals surface area contributed by atoms with Crippen molar-refractivity contribution in [3.8, 4) is 0 Å². The molecule has 0 saturated carbocycles. The Morgan fingerprint density at radius 3 is 2.53 bits per heavy atom. The smallest absolute Gasteiger partial charge is 0.256 e. The van der Waals surface area contributed by atoms with Crippen LogP contribution in [0.25, 0.3) is 0 Å². The zero-order valence-electron chi connectivity index (χ0n) is 8.78. The van der Waals surface area contributed by atoms with Gasteiger partial charge in [-0.25, -0.2) is 0 Å². The molecule has 17 heavy (non-hydrogen) atoms. The largest absolute Gasteiger partial charge is 0.322 e. The molecule has 0 atom stereocenters. The van der Waals surface area contributed by atoms with Gasteiger partial charge in [0.2, 0.25) is 0 Å². The molecule has 0 spiro atoms. The van der Waals surface area contributed by atoms with Crippen LogP contribution in [0, 0.1) is 3.57 Å². The first kappa shape index (κ1) is 12.4. The lowest BCUT2D eigenvalue weighted by Gasteiger charge is -2.07. The highest BCUT2D eigenvalue weighted by Crippen LogP contribution is 2.19. The van der Waals surface area contributed by atoms with Crippen LogP contribution in [0.1, 0.15) is 10.4 Å². The van der Waals surface area contributed by atoms with Crippen molar-refractivity contribution in [1.29, 1.82) is 0 Å². The van der Waals surface area contributed by atoms with Crippen molar-refractivity contribution in [3.63, 3.8) is 0 Å². The average molecular weight is 358 g/mol. The fraction of sp³-hybridized carbons (Fsp3) is 0. The molecule has 1 amide bonds. The van der Waals surface area contributed by atoms with Crippen molar-refractivity contribution in [2.75, 3.05) is 5.32 Å². The number of benzene rings is 2. The van der Waals surface area contributed by atoms with Crippen molar-refractivity contribution in [2.24, 2.45) is 0 Å². The number of carbonyl (C=O) groups excluding carboxylic acids is 1. The van der Waals surface area contributed by atoms with E-state index in [4.69, 9.17) is 11.6 Å². The van der Waals surface area contributed by atoms with Gasteiger partial charge in [0, 0.05) is 14.3 Å². The Bertz CT molecular complexity index is 542. The number of rotatable bonds is 2. The lowest BCUT2D eigenvalue weighted by Crippen LogP contribution is -2.13. The van der Waals surface area contributed by atoms with E-state index >= 15 is 0 Å². The third-order valence-electron chi connectivity index (χ3n) is 2.20. The number of para-hydroxylation sites is 1. The third-order valence-corrected chi connectivity index (χ3v) is 3.38. The minimum Gasteiger partial charge on any atom is -0.322 e. The molecule has 2 aromatic rings. The molecule has 0 radical (unpaired) electrons. The molecule has 0 heterocycles. The van der Waals surface area contributed by atoms with E-state index < -0.39 is 0 Å². The topological polar surface area (TPSA) is 29.1 Å². The zero-order chi connectivity index (χ0) is 12.3. The molecular formula is C13H9ClINO. The maximum absolute atomic E-state index is 12.0. The van der Waals surface area contributed by atoms with E-state index in [1.807, 2.05) is 36.4 Å². The van der Waals surface area contributed by atoms with E-state index in [1.54, 1.807) is 12.1 Å². The number of halogens is 2. The lowest BCUT2D eigenvalue weighted by atomic mass is 10.2. The van der Waals surface area contributed by atoms with Crippen LogP contribution in [0.15, 0.2) is 48.5 Å². The number of hydrogen-bond donors (Lipinski definition) is 1. The number of carbonyl (C=O) groups is 1. The summed E-state index contributed by atoms with van der Waals surface area (Å²) in [7, 11) is 0. The van der Waals surface area contributed by atoms with Crippen LogP contribution in [-0.4, -0.2) is 5.91 Å². The summed E-state index contributed by atoms with van der Waals surface area (Å²) < 4.78 is 0.875. The van der Waals surface area contributed by atoms with Gasteiger partial charge in [0.25, 0.3) is 5.91 Å². The molecule has 2 nitrogen and oxygen atoms in total. The van der Waals surface area contributed by atoms with Crippen molar-refractivity contribution in [2.45, 2.75) is 0 Å². The van der Waals surface area contributed by atoms with Gasteiger partial charge < -0.3 is 5.32 Å². The summed E-state index contributed by atoms with van der Waals surface area (Å²) in [5, 5.41) is 3.38. The molecule has 0 aliphatic carbocycles. The summed E-state index contributed by atoms with van der Waals surface area (Å²) in [6, 6.07) is 14.6. The Balaban J connectivity index is 2.23. The van der Waals surface area contributed by atoms with Crippen LogP contribution in [0.3, 0.4) is 0 Å².